The Hall–Kier alpha value is -1.14. The van der Waals surface area contributed by atoms with E-state index in [2.05, 4.69) is 4.90 Å². The van der Waals surface area contributed by atoms with Crippen LogP contribution in [0.2, 0.25) is 0 Å². The summed E-state index contributed by atoms with van der Waals surface area (Å²) in [7, 11) is 0. The molecule has 2 aliphatic rings. The molecule has 24 heavy (non-hydrogen) atoms. The van der Waals surface area contributed by atoms with Gasteiger partial charge >= 0.3 is 5.97 Å². The minimum Gasteiger partial charge on any atom is -0.481 e. The molecule has 1 amide bonds. The number of carbonyl (C=O) groups excluding carboxylic acids is 1. The molecule has 2 atom stereocenters. The van der Waals surface area contributed by atoms with Crippen molar-refractivity contribution in [2.75, 3.05) is 45.9 Å². The molecule has 0 saturated carbocycles. The molecule has 2 aliphatic heterocycles. The number of rotatable bonds is 5. The molecule has 0 aromatic heterocycles. The molecule has 0 bridgehead atoms. The van der Waals surface area contributed by atoms with Crippen molar-refractivity contribution in [2.24, 2.45) is 17.3 Å². The zero-order valence-electron chi connectivity index (χ0n) is 15.3. The summed E-state index contributed by atoms with van der Waals surface area (Å²) in [4.78, 5) is 28.1. The molecule has 2 saturated heterocycles. The smallest absolute Gasteiger partial charge is 0.303 e. The fourth-order valence-electron chi connectivity index (χ4n) is 3.73. The van der Waals surface area contributed by atoms with Crippen molar-refractivity contribution in [1.82, 2.24) is 9.80 Å². The number of ether oxygens (including phenoxy) is 1. The Morgan fingerprint density at radius 2 is 1.79 bits per heavy atom. The van der Waals surface area contributed by atoms with Crippen LogP contribution >= 0.6 is 0 Å². The third kappa shape index (κ3) is 5.45. The van der Waals surface area contributed by atoms with Crippen LogP contribution in [0.5, 0.6) is 0 Å². The van der Waals surface area contributed by atoms with Crippen LogP contribution < -0.4 is 0 Å². The maximum Gasteiger partial charge on any atom is 0.303 e. The summed E-state index contributed by atoms with van der Waals surface area (Å²) in [6.45, 7) is 11.6. The fraction of sp³-hybridized carbons (Fsp3) is 0.889. The standard InChI is InChI=1S/C18H32N2O4/c1-18(2,3)17(23)20-7-5-14(12-16(21)22)15(13-20)4-6-19-8-10-24-11-9-19/h14-15H,4-13H2,1-3H3,(H,21,22). The largest absolute Gasteiger partial charge is 0.481 e. The molecule has 2 heterocycles. The van der Waals surface area contributed by atoms with E-state index in [9.17, 15) is 14.7 Å². The van der Waals surface area contributed by atoms with Gasteiger partial charge < -0.3 is 14.7 Å². The lowest BCUT2D eigenvalue weighted by Gasteiger charge is -2.41. The first-order valence-electron chi connectivity index (χ1n) is 9.08. The van der Waals surface area contributed by atoms with E-state index in [0.717, 1.165) is 45.7 Å². The van der Waals surface area contributed by atoms with E-state index in [1.165, 1.54) is 0 Å². The molecule has 0 aromatic rings. The second-order valence-electron chi connectivity index (χ2n) is 8.15. The monoisotopic (exact) mass is 340 g/mol. The van der Waals surface area contributed by atoms with Crippen LogP contribution in [0.25, 0.3) is 0 Å². The topological polar surface area (TPSA) is 70.1 Å². The highest BCUT2D eigenvalue weighted by molar-refractivity contribution is 5.81. The second kappa shape index (κ2) is 8.30. The van der Waals surface area contributed by atoms with Gasteiger partial charge in [-0.25, -0.2) is 0 Å². The Bertz CT molecular complexity index is 441. The molecule has 6 nitrogen and oxygen atoms in total. The minimum atomic E-state index is -0.730. The number of carboxylic acid groups (broad SMARTS) is 1. The van der Waals surface area contributed by atoms with Gasteiger partial charge in [0.05, 0.1) is 13.2 Å². The van der Waals surface area contributed by atoms with Crippen LogP contribution in [-0.4, -0.2) is 72.7 Å². The van der Waals surface area contributed by atoms with Crippen molar-refractivity contribution in [3.05, 3.63) is 0 Å². The van der Waals surface area contributed by atoms with Crippen LogP contribution in [0.4, 0.5) is 0 Å². The normalized spacial score (nSPS) is 26.4. The first kappa shape index (κ1) is 19.2. The van der Waals surface area contributed by atoms with Crippen molar-refractivity contribution in [1.29, 1.82) is 0 Å². The summed E-state index contributed by atoms with van der Waals surface area (Å²) in [6.07, 6.45) is 1.96. The Labute approximate surface area is 145 Å². The van der Waals surface area contributed by atoms with Gasteiger partial charge in [0.15, 0.2) is 0 Å². The SMILES string of the molecule is CC(C)(C)C(=O)N1CCC(CC(=O)O)C(CCN2CCOCC2)C1. The average Bonchev–Trinajstić information content (AvgIpc) is 2.53. The highest BCUT2D eigenvalue weighted by Crippen LogP contribution is 2.31. The van der Waals surface area contributed by atoms with Gasteiger partial charge in [-0.3, -0.25) is 14.5 Å². The van der Waals surface area contributed by atoms with Crippen LogP contribution in [-0.2, 0) is 14.3 Å². The van der Waals surface area contributed by atoms with E-state index < -0.39 is 5.97 Å². The molecule has 1 N–H and O–H groups in total. The quantitative estimate of drug-likeness (QED) is 0.825. The van der Waals surface area contributed by atoms with Gasteiger partial charge in [0.2, 0.25) is 5.91 Å². The summed E-state index contributed by atoms with van der Waals surface area (Å²) in [5, 5.41) is 9.20. The lowest BCUT2D eigenvalue weighted by atomic mass is 9.80. The molecule has 6 heteroatoms. The molecular formula is C18H32N2O4. The Kier molecular flexibility index (Phi) is 6.63. The number of hydrogen-bond acceptors (Lipinski definition) is 4. The van der Waals surface area contributed by atoms with Gasteiger partial charge in [0.25, 0.3) is 0 Å². The highest BCUT2D eigenvalue weighted by Gasteiger charge is 2.36. The highest BCUT2D eigenvalue weighted by atomic mass is 16.5. The Morgan fingerprint density at radius 3 is 2.38 bits per heavy atom. The number of carboxylic acids is 1. The van der Waals surface area contributed by atoms with Gasteiger partial charge in [0.1, 0.15) is 0 Å². The van der Waals surface area contributed by atoms with E-state index >= 15 is 0 Å². The number of likely N-dealkylation sites (tertiary alicyclic amines) is 1. The minimum absolute atomic E-state index is 0.174. The Balaban J connectivity index is 1.96. The lowest BCUT2D eigenvalue weighted by Crippen LogP contribution is -2.49. The second-order valence-corrected chi connectivity index (χ2v) is 8.15. The zero-order valence-corrected chi connectivity index (χ0v) is 15.3. The Morgan fingerprint density at radius 1 is 1.12 bits per heavy atom. The van der Waals surface area contributed by atoms with E-state index in [1.807, 2.05) is 25.7 Å². The number of morpholine rings is 1. The summed E-state index contributed by atoms with van der Waals surface area (Å²) in [6, 6.07) is 0. The molecular weight excluding hydrogens is 308 g/mol. The summed E-state index contributed by atoms with van der Waals surface area (Å²) in [5.74, 6) is -0.115. The van der Waals surface area contributed by atoms with Gasteiger partial charge in [-0.15, -0.1) is 0 Å². The van der Waals surface area contributed by atoms with Gasteiger partial charge in [-0.1, -0.05) is 20.8 Å². The number of nitrogens with zero attached hydrogens (tertiary/aromatic N) is 2. The predicted molar refractivity (Wildman–Crippen MR) is 91.8 cm³/mol. The number of amides is 1. The molecule has 2 unspecified atom stereocenters. The number of aliphatic carboxylic acids is 1. The third-order valence-corrected chi connectivity index (χ3v) is 5.18. The van der Waals surface area contributed by atoms with Gasteiger partial charge in [-0.2, -0.15) is 0 Å². The maximum absolute atomic E-state index is 12.6. The fourth-order valence-corrected chi connectivity index (χ4v) is 3.73. The van der Waals surface area contributed by atoms with Crippen LogP contribution in [0, 0.1) is 17.3 Å². The van der Waals surface area contributed by atoms with E-state index in [4.69, 9.17) is 4.74 Å². The van der Waals surface area contributed by atoms with Gasteiger partial charge in [0, 0.05) is 38.0 Å². The predicted octanol–water partition coefficient (Wildman–Crippen LogP) is 1.69. The molecule has 2 fully saturated rings. The van der Waals surface area contributed by atoms with Crippen LogP contribution in [0.3, 0.4) is 0 Å². The molecule has 0 aliphatic carbocycles. The van der Waals surface area contributed by atoms with Crippen LogP contribution in [0.15, 0.2) is 0 Å². The van der Waals surface area contributed by atoms with Gasteiger partial charge in [-0.05, 0) is 31.2 Å². The van der Waals surface area contributed by atoms with Crippen molar-refractivity contribution < 1.29 is 19.4 Å². The van der Waals surface area contributed by atoms with Crippen molar-refractivity contribution in [3.63, 3.8) is 0 Å². The zero-order chi connectivity index (χ0) is 17.7. The lowest BCUT2D eigenvalue weighted by molar-refractivity contribution is -0.143. The summed E-state index contributed by atoms with van der Waals surface area (Å²) in [5.41, 5.74) is -0.381. The van der Waals surface area contributed by atoms with Crippen LogP contribution in [0.1, 0.15) is 40.0 Å². The van der Waals surface area contributed by atoms with Crippen molar-refractivity contribution in [2.45, 2.75) is 40.0 Å². The van der Waals surface area contributed by atoms with Crippen molar-refractivity contribution >= 4 is 11.9 Å². The first-order valence-corrected chi connectivity index (χ1v) is 9.08. The molecule has 138 valence electrons. The van der Waals surface area contributed by atoms with Crippen molar-refractivity contribution in [3.8, 4) is 0 Å². The molecule has 0 spiro atoms. The maximum atomic E-state index is 12.6. The molecule has 0 aromatic carbocycles. The van der Waals surface area contributed by atoms with E-state index in [1.54, 1.807) is 0 Å². The number of carbonyl (C=O) groups is 2. The van der Waals surface area contributed by atoms with E-state index in [-0.39, 0.29) is 29.6 Å². The summed E-state index contributed by atoms with van der Waals surface area (Å²) < 4.78 is 5.38. The summed E-state index contributed by atoms with van der Waals surface area (Å²) >= 11 is 0. The third-order valence-electron chi connectivity index (χ3n) is 5.18. The molecule has 0 radical (unpaired) electrons. The first-order chi connectivity index (χ1) is 11.3. The van der Waals surface area contributed by atoms with E-state index in [0.29, 0.717) is 13.1 Å². The molecule has 2 rings (SSSR count). The number of hydrogen-bond donors (Lipinski definition) is 1. The average molecular weight is 340 g/mol. The number of piperidine rings is 1.